The Balaban J connectivity index is -0.000000143. The van der Waals surface area contributed by atoms with Crippen LogP contribution < -0.4 is 11.0 Å². The van der Waals surface area contributed by atoms with E-state index >= 15 is 0 Å². The number of rotatable bonds is 5. The molecular weight excluding hydrogens is 429 g/mol. The first-order chi connectivity index (χ1) is 13.2. The maximum atomic E-state index is 9.90. The molecule has 1 saturated heterocycles. The van der Waals surface area contributed by atoms with Crippen LogP contribution in [0, 0.1) is 16.2 Å². The second kappa shape index (κ2) is 26.0. The summed E-state index contributed by atoms with van der Waals surface area (Å²) in [6.45, 7) is 10.00. The van der Waals surface area contributed by atoms with Gasteiger partial charge in [0.2, 0.25) is 0 Å². The predicted octanol–water partition coefficient (Wildman–Crippen LogP) is 3.89. The number of allylic oxidation sites excluding steroid dienone is 4. The molecule has 0 atom stereocenters. The summed E-state index contributed by atoms with van der Waals surface area (Å²) in [5.74, 6) is -0.282. The van der Waals surface area contributed by atoms with Crippen LogP contribution in [-0.4, -0.2) is 36.6 Å². The third kappa shape index (κ3) is 26.0. The van der Waals surface area contributed by atoms with Crippen molar-refractivity contribution in [3.63, 3.8) is 0 Å². The van der Waals surface area contributed by atoms with E-state index in [2.05, 4.69) is 20.4 Å². The van der Waals surface area contributed by atoms with Crippen LogP contribution in [-0.2, 0) is 26.3 Å². The molecule has 0 bridgehead atoms. The molecule has 29 heavy (non-hydrogen) atoms. The van der Waals surface area contributed by atoms with Crippen molar-refractivity contribution in [1.82, 2.24) is 11.0 Å². The van der Waals surface area contributed by atoms with Crippen molar-refractivity contribution in [2.24, 2.45) is 10.4 Å². The molecule has 1 fully saturated rings. The third-order valence-corrected chi connectivity index (χ3v) is 3.26. The average Bonchev–Trinajstić information content (AvgIpc) is 2.78. The molecule has 0 unspecified atom stereocenters. The molecule has 1 heterocycles. The number of hydrogen-bond acceptors (Lipinski definition) is 10. The molecule has 4 N–H and O–H groups in total. The van der Waals surface area contributed by atoms with Crippen LogP contribution in [0.5, 0.6) is 0 Å². The second-order valence-electron chi connectivity index (χ2n) is 5.37. The molecule has 0 aromatic heterocycles. The molecule has 0 aliphatic carbocycles. The standard InChI is InChI=1S/C5H10N.2C4H8N2O2.C4H7O2.Co/c1-2-4-6-5-3-1;2*1-3(5-7)4(2)6-8;1-3-4(5)6-2;/h1-5H2;2*5,7H,1-2H3;3H,1-2H3;/q-1;;;-1;+2. The topological polar surface area (TPSA) is 164 Å². The Morgan fingerprint density at radius 2 is 1.31 bits per heavy atom. The quantitative estimate of drug-likeness (QED) is 0.207. The van der Waals surface area contributed by atoms with E-state index in [4.69, 9.17) is 10.4 Å². The fourth-order valence-corrected chi connectivity index (χ4v) is 1.15. The van der Waals surface area contributed by atoms with Gasteiger partial charge < -0.3 is 10.1 Å². The van der Waals surface area contributed by atoms with Gasteiger partial charge in [-0.1, -0.05) is 19.3 Å². The maximum Gasteiger partial charge on any atom is 2.00 e. The van der Waals surface area contributed by atoms with Gasteiger partial charge in [0.15, 0.2) is 5.97 Å². The number of hydrogen-bond donors (Lipinski definition) is 4. The van der Waals surface area contributed by atoms with Crippen molar-refractivity contribution in [2.45, 2.75) is 53.9 Å². The second-order valence-corrected chi connectivity index (χ2v) is 5.37. The van der Waals surface area contributed by atoms with Gasteiger partial charge in [-0.05, 0) is 38.0 Å². The van der Waals surface area contributed by atoms with Crippen LogP contribution in [0.15, 0.2) is 33.1 Å². The van der Waals surface area contributed by atoms with Gasteiger partial charge >= 0.3 is 16.8 Å². The van der Waals surface area contributed by atoms with Gasteiger partial charge in [0.1, 0.15) is 11.4 Å². The zero-order valence-electron chi connectivity index (χ0n) is 17.8. The summed E-state index contributed by atoms with van der Waals surface area (Å²) in [4.78, 5) is 29.2. The number of methoxy groups -OCH3 is 1. The van der Waals surface area contributed by atoms with Gasteiger partial charge in [0.25, 0.3) is 0 Å². The predicted molar refractivity (Wildman–Crippen MR) is 107 cm³/mol. The molecule has 11 nitrogen and oxygen atoms in total. The molecule has 0 saturated carbocycles. The summed E-state index contributed by atoms with van der Waals surface area (Å²) in [6.07, 6.45) is 5.43. The molecule has 1 aliphatic heterocycles. The SMILES string of the molecule is C1CC[N-]CC1.CC(N=O)=C(C)NO.CC(N=O)=C(C)NO.C[CH-]C(=O)OC.[Co+2]. The summed E-state index contributed by atoms with van der Waals surface area (Å²) >= 11 is 0. The minimum Gasteiger partial charge on any atom is -0.662 e. The van der Waals surface area contributed by atoms with E-state index in [1.54, 1.807) is 31.7 Å². The Hall–Kier alpha value is -1.99. The molecular formula is C17H33CoN5O6. The van der Waals surface area contributed by atoms with E-state index in [-0.39, 0.29) is 34.1 Å². The van der Waals surface area contributed by atoms with E-state index in [0.29, 0.717) is 11.4 Å². The van der Waals surface area contributed by atoms with Crippen LogP contribution >= 0.6 is 0 Å². The molecule has 171 valence electrons. The molecule has 0 aromatic rings. The fourth-order valence-electron chi connectivity index (χ4n) is 1.15. The first-order valence-electron chi connectivity index (χ1n) is 8.57. The smallest absolute Gasteiger partial charge is 0.662 e. The van der Waals surface area contributed by atoms with E-state index in [1.165, 1.54) is 46.6 Å². The number of nitrogens with zero attached hydrogens (tertiary/aromatic N) is 3. The number of ether oxygens (including phenoxy) is 1. The number of nitrogens with one attached hydrogen (secondary N) is 2. The fraction of sp³-hybridized carbons (Fsp3) is 0.647. The van der Waals surface area contributed by atoms with E-state index in [9.17, 15) is 14.6 Å². The van der Waals surface area contributed by atoms with Crippen LogP contribution in [0.25, 0.3) is 5.32 Å². The van der Waals surface area contributed by atoms with Crippen molar-refractivity contribution in [2.75, 3.05) is 20.2 Å². The Labute approximate surface area is 182 Å². The minimum atomic E-state index is -0.282. The Morgan fingerprint density at radius 1 is 0.931 bits per heavy atom. The minimum absolute atomic E-state index is 0. The summed E-state index contributed by atoms with van der Waals surface area (Å²) in [5, 5.41) is 25.6. The molecule has 1 rings (SSSR count). The molecule has 1 radical (unpaired) electrons. The number of carbonyl (C=O) groups excluding carboxylic acids is 1. The molecule has 12 heteroatoms. The summed E-state index contributed by atoms with van der Waals surface area (Å²) < 4.78 is 4.20. The first-order valence-corrected chi connectivity index (χ1v) is 8.57. The monoisotopic (exact) mass is 462 g/mol. The first kappa shape index (κ1) is 34.5. The number of carbonyl (C=O) groups is 1. The number of hydroxylamine groups is 2. The number of piperidine rings is 1. The Bertz CT molecular complexity index is 449. The van der Waals surface area contributed by atoms with Gasteiger partial charge in [-0.2, -0.15) is 6.92 Å². The summed E-state index contributed by atoms with van der Waals surface area (Å²) in [7, 11) is 1.35. The third-order valence-electron chi connectivity index (χ3n) is 3.26. The summed E-state index contributed by atoms with van der Waals surface area (Å²) in [5.41, 5.74) is 4.87. The Kier molecular flexibility index (Phi) is 30.9. The normalized spacial score (nSPS) is 13.2. The van der Waals surface area contributed by atoms with E-state index in [0.717, 1.165) is 13.1 Å². The van der Waals surface area contributed by atoms with Gasteiger partial charge in [-0.15, -0.1) is 22.9 Å². The maximum absolute atomic E-state index is 9.90. The van der Waals surface area contributed by atoms with Crippen molar-refractivity contribution in [1.29, 1.82) is 0 Å². The van der Waals surface area contributed by atoms with Crippen LogP contribution in [0.4, 0.5) is 0 Å². The van der Waals surface area contributed by atoms with Gasteiger partial charge in [0.05, 0.1) is 18.5 Å². The summed E-state index contributed by atoms with van der Waals surface area (Å²) in [6, 6.07) is 0. The Morgan fingerprint density at radius 3 is 1.38 bits per heavy atom. The van der Waals surface area contributed by atoms with Crippen molar-refractivity contribution in [3.05, 3.63) is 44.3 Å². The van der Waals surface area contributed by atoms with E-state index < -0.39 is 0 Å². The number of nitroso groups, excluding NO2 is 2. The van der Waals surface area contributed by atoms with Crippen LogP contribution in [0.1, 0.15) is 53.9 Å². The van der Waals surface area contributed by atoms with Crippen molar-refractivity contribution >= 4 is 5.97 Å². The van der Waals surface area contributed by atoms with Crippen molar-refractivity contribution < 1.29 is 36.7 Å². The zero-order chi connectivity index (χ0) is 22.4. The molecule has 0 spiro atoms. The molecule has 0 aromatic carbocycles. The molecule has 0 amide bonds. The van der Waals surface area contributed by atoms with Crippen LogP contribution in [0.3, 0.4) is 0 Å². The largest absolute Gasteiger partial charge is 2.00 e. The molecule has 1 aliphatic rings. The number of esters is 1. The zero-order valence-corrected chi connectivity index (χ0v) is 18.9. The van der Waals surface area contributed by atoms with Gasteiger partial charge in [-0.3, -0.25) is 32.6 Å². The van der Waals surface area contributed by atoms with Crippen molar-refractivity contribution in [3.8, 4) is 0 Å². The van der Waals surface area contributed by atoms with E-state index in [1.807, 2.05) is 0 Å². The van der Waals surface area contributed by atoms with Gasteiger partial charge in [-0.25, -0.2) is 0 Å². The van der Waals surface area contributed by atoms with Gasteiger partial charge in [0, 0.05) is 0 Å². The average molecular weight is 462 g/mol. The van der Waals surface area contributed by atoms with Crippen LogP contribution in [0.2, 0.25) is 0 Å².